The van der Waals surface area contributed by atoms with E-state index in [-0.39, 0.29) is 5.91 Å². The molecule has 0 bridgehead atoms. The van der Waals surface area contributed by atoms with Gasteiger partial charge in [0.05, 0.1) is 10.2 Å². The number of benzene rings is 1. The van der Waals surface area contributed by atoms with Crippen LogP contribution in [0.2, 0.25) is 0 Å². The average Bonchev–Trinajstić information content (AvgIpc) is 3.25. The lowest BCUT2D eigenvalue weighted by Crippen LogP contribution is -2.48. The van der Waals surface area contributed by atoms with Crippen molar-refractivity contribution >= 4 is 32.6 Å². The third kappa shape index (κ3) is 3.48. The summed E-state index contributed by atoms with van der Waals surface area (Å²) in [4.78, 5) is 25.5. The second-order valence-electron chi connectivity index (χ2n) is 6.17. The topological polar surface area (TPSA) is 78.0 Å². The van der Waals surface area contributed by atoms with Crippen molar-refractivity contribution in [2.24, 2.45) is 0 Å². The summed E-state index contributed by atoms with van der Waals surface area (Å²) in [5.74, 6) is 1.66. The first-order chi connectivity index (χ1) is 12.2. The second-order valence-corrected chi connectivity index (χ2v) is 7.18. The Morgan fingerprint density at radius 3 is 2.72 bits per heavy atom. The number of piperazine rings is 1. The van der Waals surface area contributed by atoms with Gasteiger partial charge in [-0.25, -0.2) is 9.97 Å². The molecule has 0 atom stereocenters. The molecule has 0 spiro atoms. The van der Waals surface area contributed by atoms with Gasteiger partial charge in [0.1, 0.15) is 5.82 Å². The number of amides is 1. The van der Waals surface area contributed by atoms with E-state index in [9.17, 15) is 4.79 Å². The highest BCUT2D eigenvalue weighted by Gasteiger charge is 2.23. The lowest BCUT2D eigenvalue weighted by Gasteiger charge is -2.34. The van der Waals surface area contributed by atoms with Crippen LogP contribution in [0, 0.1) is 6.92 Å². The van der Waals surface area contributed by atoms with E-state index < -0.39 is 0 Å². The number of H-pyrrole nitrogens is 1. The minimum Gasteiger partial charge on any atom is -0.345 e. The molecule has 1 aromatic carbocycles. The van der Waals surface area contributed by atoms with Crippen molar-refractivity contribution in [1.29, 1.82) is 0 Å². The van der Waals surface area contributed by atoms with Crippen molar-refractivity contribution in [1.82, 2.24) is 25.1 Å². The Morgan fingerprint density at radius 2 is 2.00 bits per heavy atom. The highest BCUT2D eigenvalue weighted by molar-refractivity contribution is 7.22. The maximum atomic E-state index is 12.4. The Morgan fingerprint density at radius 1 is 1.20 bits per heavy atom. The number of aromatic amines is 1. The fourth-order valence-electron chi connectivity index (χ4n) is 3.02. The van der Waals surface area contributed by atoms with Crippen molar-refractivity contribution in [2.75, 3.05) is 31.1 Å². The van der Waals surface area contributed by atoms with Gasteiger partial charge in [0, 0.05) is 39.0 Å². The quantitative estimate of drug-likeness (QED) is 0.774. The van der Waals surface area contributed by atoms with E-state index in [0.717, 1.165) is 42.7 Å². The van der Waals surface area contributed by atoms with E-state index in [1.54, 1.807) is 11.3 Å². The van der Waals surface area contributed by atoms with E-state index in [1.165, 1.54) is 4.70 Å². The molecule has 2 aromatic heterocycles. The molecule has 0 saturated carbocycles. The van der Waals surface area contributed by atoms with E-state index in [4.69, 9.17) is 4.98 Å². The SMILES string of the molecule is Cc1nc(CCC(=O)N2CCN(c3nc4ccccc4s3)CC2)n[nH]1. The Hall–Kier alpha value is -2.48. The zero-order valence-corrected chi connectivity index (χ0v) is 14.9. The Kier molecular flexibility index (Phi) is 4.35. The number of nitrogens with zero attached hydrogens (tertiary/aromatic N) is 5. The van der Waals surface area contributed by atoms with Crippen molar-refractivity contribution in [2.45, 2.75) is 19.8 Å². The van der Waals surface area contributed by atoms with Crippen LogP contribution in [0.25, 0.3) is 10.2 Å². The van der Waals surface area contributed by atoms with Crippen molar-refractivity contribution in [3.05, 3.63) is 35.9 Å². The number of rotatable bonds is 4. The number of anilines is 1. The van der Waals surface area contributed by atoms with Crippen LogP contribution >= 0.6 is 11.3 Å². The number of carbonyl (C=O) groups is 1. The largest absolute Gasteiger partial charge is 0.345 e. The number of thiazole rings is 1. The molecule has 1 amide bonds. The molecule has 1 fully saturated rings. The lowest BCUT2D eigenvalue weighted by atomic mass is 10.2. The molecule has 3 aromatic rings. The first-order valence-corrected chi connectivity index (χ1v) is 9.27. The zero-order valence-electron chi connectivity index (χ0n) is 14.1. The molecule has 1 aliphatic heterocycles. The molecule has 1 saturated heterocycles. The summed E-state index contributed by atoms with van der Waals surface area (Å²) < 4.78 is 1.21. The summed E-state index contributed by atoms with van der Waals surface area (Å²) in [5, 5.41) is 7.94. The van der Waals surface area contributed by atoms with Crippen LogP contribution in [-0.2, 0) is 11.2 Å². The minimum absolute atomic E-state index is 0.173. The third-order valence-corrected chi connectivity index (χ3v) is 5.49. The van der Waals surface area contributed by atoms with Crippen molar-refractivity contribution < 1.29 is 4.79 Å². The molecule has 4 rings (SSSR count). The standard InChI is InChI=1S/C17H20N6OS/c1-12-18-15(21-20-12)6-7-16(24)22-8-10-23(11-9-22)17-19-13-4-2-3-5-14(13)25-17/h2-5H,6-11H2,1H3,(H,18,20,21). The summed E-state index contributed by atoms with van der Waals surface area (Å²) in [7, 11) is 0. The number of aryl methyl sites for hydroxylation is 2. The number of para-hydroxylation sites is 1. The number of aromatic nitrogens is 4. The summed E-state index contributed by atoms with van der Waals surface area (Å²) in [6, 6.07) is 8.19. The molecule has 7 nitrogen and oxygen atoms in total. The highest BCUT2D eigenvalue weighted by Crippen LogP contribution is 2.29. The molecule has 25 heavy (non-hydrogen) atoms. The summed E-state index contributed by atoms with van der Waals surface area (Å²) >= 11 is 1.71. The molecule has 1 N–H and O–H groups in total. The van der Waals surface area contributed by atoms with Gasteiger partial charge in [0.2, 0.25) is 5.91 Å². The van der Waals surface area contributed by atoms with Gasteiger partial charge in [-0.2, -0.15) is 5.10 Å². The van der Waals surface area contributed by atoms with Crippen LogP contribution in [0.4, 0.5) is 5.13 Å². The smallest absolute Gasteiger partial charge is 0.223 e. The summed E-state index contributed by atoms with van der Waals surface area (Å²) in [5.41, 5.74) is 1.04. The van der Waals surface area contributed by atoms with E-state index in [2.05, 4.69) is 26.1 Å². The molecule has 8 heteroatoms. The number of nitrogens with one attached hydrogen (secondary N) is 1. The van der Waals surface area contributed by atoms with E-state index >= 15 is 0 Å². The predicted octanol–water partition coefficient (Wildman–Crippen LogP) is 2.00. The van der Waals surface area contributed by atoms with Crippen LogP contribution in [0.3, 0.4) is 0 Å². The van der Waals surface area contributed by atoms with Crippen molar-refractivity contribution in [3.8, 4) is 0 Å². The Labute approximate surface area is 149 Å². The minimum atomic E-state index is 0.173. The molecule has 0 unspecified atom stereocenters. The first-order valence-electron chi connectivity index (χ1n) is 8.45. The summed E-state index contributed by atoms with van der Waals surface area (Å²) in [6.45, 7) is 4.99. The fourth-order valence-corrected chi connectivity index (χ4v) is 4.04. The zero-order chi connectivity index (χ0) is 17.2. The van der Waals surface area contributed by atoms with Gasteiger partial charge in [0.15, 0.2) is 11.0 Å². The van der Waals surface area contributed by atoms with Crippen LogP contribution in [0.1, 0.15) is 18.1 Å². The molecule has 130 valence electrons. The van der Waals surface area contributed by atoms with Gasteiger partial charge in [-0.15, -0.1) is 0 Å². The molecule has 1 aliphatic rings. The molecule has 0 radical (unpaired) electrons. The van der Waals surface area contributed by atoms with Crippen LogP contribution in [0.15, 0.2) is 24.3 Å². The van der Waals surface area contributed by atoms with Gasteiger partial charge in [-0.05, 0) is 19.1 Å². The number of carbonyl (C=O) groups excluding carboxylic acids is 1. The van der Waals surface area contributed by atoms with Gasteiger partial charge < -0.3 is 9.80 Å². The van der Waals surface area contributed by atoms with Crippen LogP contribution in [-0.4, -0.2) is 57.2 Å². The predicted molar refractivity (Wildman–Crippen MR) is 97.9 cm³/mol. The van der Waals surface area contributed by atoms with Gasteiger partial charge in [0.25, 0.3) is 0 Å². The number of fused-ring (bicyclic) bond motifs is 1. The maximum Gasteiger partial charge on any atom is 0.223 e. The number of hydrogen-bond donors (Lipinski definition) is 1. The van der Waals surface area contributed by atoms with E-state index in [1.807, 2.05) is 30.0 Å². The molecule has 3 heterocycles. The molecular weight excluding hydrogens is 336 g/mol. The van der Waals surface area contributed by atoms with Crippen molar-refractivity contribution in [3.63, 3.8) is 0 Å². The van der Waals surface area contributed by atoms with Crippen LogP contribution < -0.4 is 4.90 Å². The molecule has 0 aliphatic carbocycles. The Bertz CT molecular complexity index is 847. The maximum absolute atomic E-state index is 12.4. The summed E-state index contributed by atoms with van der Waals surface area (Å²) in [6.07, 6.45) is 1.04. The monoisotopic (exact) mass is 356 g/mol. The second kappa shape index (κ2) is 6.79. The lowest BCUT2D eigenvalue weighted by molar-refractivity contribution is -0.131. The molecular formula is C17H20N6OS. The Balaban J connectivity index is 1.32. The normalized spacial score (nSPS) is 15.1. The number of hydrogen-bond acceptors (Lipinski definition) is 6. The van der Waals surface area contributed by atoms with Gasteiger partial charge >= 0.3 is 0 Å². The fraction of sp³-hybridized carbons (Fsp3) is 0.412. The van der Waals surface area contributed by atoms with Gasteiger partial charge in [-0.1, -0.05) is 23.5 Å². The first kappa shape index (κ1) is 16.0. The van der Waals surface area contributed by atoms with E-state index in [0.29, 0.717) is 18.7 Å². The van der Waals surface area contributed by atoms with Crippen LogP contribution in [0.5, 0.6) is 0 Å². The average molecular weight is 356 g/mol. The highest BCUT2D eigenvalue weighted by atomic mass is 32.1. The van der Waals surface area contributed by atoms with Gasteiger partial charge in [-0.3, -0.25) is 9.89 Å². The third-order valence-electron chi connectivity index (χ3n) is 4.39.